The van der Waals surface area contributed by atoms with Crippen LogP contribution in [0.1, 0.15) is 28.3 Å². The van der Waals surface area contributed by atoms with Crippen LogP contribution in [0.15, 0.2) is 6.20 Å². The topological polar surface area (TPSA) is 66.4 Å². The fraction of sp³-hybridized carbons (Fsp3) is 0.571. The van der Waals surface area contributed by atoms with Gasteiger partial charge in [-0.05, 0) is 20.3 Å². The fourth-order valence-electron chi connectivity index (χ4n) is 2.47. The summed E-state index contributed by atoms with van der Waals surface area (Å²) in [5.41, 5.74) is 1.21. The lowest BCUT2D eigenvalue weighted by atomic mass is 10.1. The summed E-state index contributed by atoms with van der Waals surface area (Å²) in [6, 6.07) is 0. The number of carbonyl (C=O) groups excluding carboxylic acids is 2. The highest BCUT2D eigenvalue weighted by Crippen LogP contribution is 2.20. The molecular weight excluding hydrogens is 256 g/mol. The van der Waals surface area contributed by atoms with Crippen LogP contribution in [0.5, 0.6) is 0 Å². The Kier molecular flexibility index (Phi) is 4.01. The Balaban J connectivity index is 2.10. The molecule has 1 aliphatic heterocycles. The highest BCUT2D eigenvalue weighted by atomic mass is 16.2. The van der Waals surface area contributed by atoms with Crippen LogP contribution in [0.2, 0.25) is 0 Å². The molecule has 1 aromatic rings. The first-order valence-corrected chi connectivity index (χ1v) is 6.71. The lowest BCUT2D eigenvalue weighted by molar-refractivity contribution is -0.132. The molecule has 0 aromatic carbocycles. The van der Waals surface area contributed by atoms with E-state index in [1.54, 1.807) is 43.9 Å². The third-order valence-corrected chi connectivity index (χ3v) is 3.60. The normalized spacial score (nSPS) is 18.2. The second-order valence-electron chi connectivity index (χ2n) is 5.39. The minimum absolute atomic E-state index is 0.0807. The lowest BCUT2D eigenvalue weighted by Gasteiger charge is -2.18. The second kappa shape index (κ2) is 5.56. The van der Waals surface area contributed by atoms with Crippen LogP contribution in [-0.2, 0) is 4.79 Å². The minimum Gasteiger partial charge on any atom is -0.349 e. The number of hydrogen-bond acceptors (Lipinski definition) is 4. The second-order valence-corrected chi connectivity index (χ2v) is 5.39. The van der Waals surface area contributed by atoms with Gasteiger partial charge in [-0.2, -0.15) is 0 Å². The zero-order valence-electron chi connectivity index (χ0n) is 12.4. The number of rotatable bonds is 2. The summed E-state index contributed by atoms with van der Waals surface area (Å²) in [7, 11) is 3.48. The molecule has 6 nitrogen and oxygen atoms in total. The highest BCUT2D eigenvalue weighted by molar-refractivity contribution is 5.95. The summed E-state index contributed by atoms with van der Waals surface area (Å²) in [6.07, 6.45) is 2.29. The van der Waals surface area contributed by atoms with E-state index in [0.717, 1.165) is 0 Å². The summed E-state index contributed by atoms with van der Waals surface area (Å²) < 4.78 is 0. The van der Waals surface area contributed by atoms with E-state index < -0.39 is 0 Å². The Bertz CT molecular complexity index is 542. The van der Waals surface area contributed by atoms with Gasteiger partial charge in [0.1, 0.15) is 5.82 Å². The first kappa shape index (κ1) is 14.4. The van der Waals surface area contributed by atoms with Crippen LogP contribution < -0.4 is 0 Å². The van der Waals surface area contributed by atoms with Crippen molar-refractivity contribution in [3.8, 4) is 0 Å². The van der Waals surface area contributed by atoms with Crippen molar-refractivity contribution in [1.29, 1.82) is 0 Å². The fourth-order valence-corrected chi connectivity index (χ4v) is 2.47. The lowest BCUT2D eigenvalue weighted by Crippen LogP contribution is -2.34. The molecule has 1 aliphatic rings. The van der Waals surface area contributed by atoms with E-state index in [-0.39, 0.29) is 17.7 Å². The van der Waals surface area contributed by atoms with Crippen LogP contribution in [-0.4, -0.2) is 58.8 Å². The van der Waals surface area contributed by atoms with Crippen molar-refractivity contribution in [1.82, 2.24) is 19.8 Å². The molecule has 108 valence electrons. The molecule has 0 unspecified atom stereocenters. The Hall–Kier alpha value is -1.98. The van der Waals surface area contributed by atoms with Gasteiger partial charge in [0.05, 0.1) is 17.2 Å². The number of aromatic nitrogens is 2. The van der Waals surface area contributed by atoms with Gasteiger partial charge in [0.15, 0.2) is 0 Å². The van der Waals surface area contributed by atoms with Crippen LogP contribution in [0.4, 0.5) is 0 Å². The van der Waals surface area contributed by atoms with Crippen molar-refractivity contribution in [2.24, 2.45) is 5.92 Å². The first-order valence-electron chi connectivity index (χ1n) is 6.71. The third-order valence-electron chi connectivity index (χ3n) is 3.60. The molecule has 20 heavy (non-hydrogen) atoms. The minimum atomic E-state index is -0.0966. The largest absolute Gasteiger partial charge is 0.349 e. The van der Waals surface area contributed by atoms with E-state index >= 15 is 0 Å². The Morgan fingerprint density at radius 3 is 2.65 bits per heavy atom. The zero-order valence-corrected chi connectivity index (χ0v) is 12.4. The number of nitrogens with zero attached hydrogens (tertiary/aromatic N) is 4. The molecule has 1 saturated heterocycles. The van der Waals surface area contributed by atoms with Crippen molar-refractivity contribution in [2.75, 3.05) is 27.2 Å². The Morgan fingerprint density at radius 1 is 1.35 bits per heavy atom. The molecule has 6 heteroatoms. The monoisotopic (exact) mass is 276 g/mol. The summed E-state index contributed by atoms with van der Waals surface area (Å²) in [4.78, 5) is 36.0. The quantitative estimate of drug-likeness (QED) is 0.795. The third kappa shape index (κ3) is 2.79. The van der Waals surface area contributed by atoms with Crippen LogP contribution in [0.3, 0.4) is 0 Å². The molecule has 0 spiro atoms. The van der Waals surface area contributed by atoms with Gasteiger partial charge >= 0.3 is 0 Å². The van der Waals surface area contributed by atoms with E-state index in [2.05, 4.69) is 9.97 Å². The van der Waals surface area contributed by atoms with Gasteiger partial charge in [0.2, 0.25) is 5.91 Å². The molecule has 0 aliphatic carbocycles. The van der Waals surface area contributed by atoms with Gasteiger partial charge < -0.3 is 9.80 Å². The molecule has 0 bridgehead atoms. The molecule has 0 saturated carbocycles. The Labute approximate surface area is 118 Å². The molecule has 2 amide bonds. The first-order chi connectivity index (χ1) is 9.40. The average molecular weight is 276 g/mol. The van der Waals surface area contributed by atoms with E-state index in [1.807, 2.05) is 0 Å². The van der Waals surface area contributed by atoms with Gasteiger partial charge in [0, 0.05) is 33.4 Å². The molecular formula is C14H20N4O2. The standard InChI is InChI=1S/C14H20N4O2/c1-9-12(7-15-10(2)16-9)14(20)18-6-5-11(8-18)13(19)17(3)4/h7,11H,5-6,8H2,1-4H3/t11-/m0/s1. The van der Waals surface area contributed by atoms with Gasteiger partial charge in [-0.1, -0.05) is 0 Å². The van der Waals surface area contributed by atoms with Crippen LogP contribution in [0.25, 0.3) is 0 Å². The van der Waals surface area contributed by atoms with Crippen molar-refractivity contribution in [3.63, 3.8) is 0 Å². The number of hydrogen-bond donors (Lipinski definition) is 0. The van der Waals surface area contributed by atoms with Gasteiger partial charge in [-0.3, -0.25) is 9.59 Å². The molecule has 2 rings (SSSR count). The summed E-state index contributed by atoms with van der Waals surface area (Å²) in [5.74, 6) is 0.551. The zero-order chi connectivity index (χ0) is 14.9. The van der Waals surface area contributed by atoms with Crippen molar-refractivity contribution < 1.29 is 9.59 Å². The molecule has 1 aromatic heterocycles. The maximum absolute atomic E-state index is 12.4. The molecule has 0 N–H and O–H groups in total. The maximum Gasteiger partial charge on any atom is 0.257 e. The summed E-state index contributed by atoms with van der Waals surface area (Å²) in [5, 5.41) is 0. The number of carbonyl (C=O) groups is 2. The highest BCUT2D eigenvalue weighted by Gasteiger charge is 2.32. The van der Waals surface area contributed by atoms with Crippen LogP contribution >= 0.6 is 0 Å². The number of likely N-dealkylation sites (tertiary alicyclic amines) is 1. The van der Waals surface area contributed by atoms with Gasteiger partial charge in [0.25, 0.3) is 5.91 Å². The SMILES string of the molecule is Cc1ncc(C(=O)N2CC[C@H](C(=O)N(C)C)C2)c(C)n1. The van der Waals surface area contributed by atoms with Crippen molar-refractivity contribution in [2.45, 2.75) is 20.3 Å². The number of aryl methyl sites for hydroxylation is 2. The molecule has 1 atom stereocenters. The smallest absolute Gasteiger partial charge is 0.257 e. The Morgan fingerprint density at radius 2 is 2.05 bits per heavy atom. The summed E-state index contributed by atoms with van der Waals surface area (Å²) >= 11 is 0. The van der Waals surface area contributed by atoms with Gasteiger partial charge in [-0.15, -0.1) is 0 Å². The average Bonchev–Trinajstić information content (AvgIpc) is 2.86. The van der Waals surface area contributed by atoms with E-state index in [0.29, 0.717) is 36.6 Å². The van der Waals surface area contributed by atoms with E-state index in [1.165, 1.54) is 0 Å². The summed E-state index contributed by atoms with van der Waals surface area (Å²) in [6.45, 7) is 4.68. The predicted molar refractivity (Wildman–Crippen MR) is 74.2 cm³/mol. The van der Waals surface area contributed by atoms with E-state index in [4.69, 9.17) is 0 Å². The van der Waals surface area contributed by atoms with E-state index in [9.17, 15) is 9.59 Å². The maximum atomic E-state index is 12.4. The molecule has 0 radical (unpaired) electrons. The van der Waals surface area contributed by atoms with Gasteiger partial charge in [-0.25, -0.2) is 9.97 Å². The molecule has 2 heterocycles. The van der Waals surface area contributed by atoms with Crippen LogP contribution in [0, 0.1) is 19.8 Å². The predicted octanol–water partition coefficient (Wildman–Crippen LogP) is 0.644. The molecule has 1 fully saturated rings. The van der Waals surface area contributed by atoms with Crippen molar-refractivity contribution in [3.05, 3.63) is 23.3 Å². The van der Waals surface area contributed by atoms with Crippen molar-refractivity contribution >= 4 is 11.8 Å². The number of amides is 2.